The van der Waals surface area contributed by atoms with Gasteiger partial charge >= 0.3 is 0 Å². The van der Waals surface area contributed by atoms with E-state index in [4.69, 9.17) is 10.3 Å². The molecule has 110 valence electrons. The molecule has 2 rings (SSSR count). The van der Waals surface area contributed by atoms with E-state index in [2.05, 4.69) is 5.16 Å². The Morgan fingerprint density at radius 3 is 2.50 bits per heavy atom. The van der Waals surface area contributed by atoms with Crippen LogP contribution >= 0.6 is 0 Å². The van der Waals surface area contributed by atoms with Gasteiger partial charge in [-0.3, -0.25) is 9.59 Å². The van der Waals surface area contributed by atoms with Crippen LogP contribution in [-0.4, -0.2) is 34.5 Å². The third-order valence-electron chi connectivity index (χ3n) is 3.92. The van der Waals surface area contributed by atoms with Crippen molar-refractivity contribution in [3.8, 4) is 0 Å². The second-order valence-electron chi connectivity index (χ2n) is 5.41. The summed E-state index contributed by atoms with van der Waals surface area (Å²) in [4.78, 5) is 25.3. The van der Waals surface area contributed by atoms with Crippen molar-refractivity contribution in [1.29, 1.82) is 0 Å². The first-order chi connectivity index (χ1) is 9.49. The minimum absolute atomic E-state index is 0.00707. The second kappa shape index (κ2) is 6.07. The maximum atomic E-state index is 12.5. The smallest absolute Gasteiger partial charge is 0.237 e. The predicted molar refractivity (Wildman–Crippen MR) is 72.8 cm³/mol. The lowest BCUT2D eigenvalue weighted by Gasteiger charge is -2.27. The predicted octanol–water partition coefficient (Wildman–Crippen LogP) is 1.09. The maximum absolute atomic E-state index is 12.5. The number of primary amides is 1. The van der Waals surface area contributed by atoms with E-state index in [0.29, 0.717) is 5.76 Å². The molecule has 0 unspecified atom stereocenters. The molecule has 2 N–H and O–H groups in total. The molecule has 20 heavy (non-hydrogen) atoms. The molecule has 6 heteroatoms. The fourth-order valence-electron chi connectivity index (χ4n) is 2.81. The Labute approximate surface area is 118 Å². The highest BCUT2D eigenvalue weighted by atomic mass is 16.5. The van der Waals surface area contributed by atoms with E-state index in [9.17, 15) is 9.59 Å². The van der Waals surface area contributed by atoms with Crippen molar-refractivity contribution >= 4 is 11.8 Å². The lowest BCUT2D eigenvalue weighted by atomic mass is 10.1. The average Bonchev–Trinajstić information content (AvgIpc) is 3.01. The molecule has 0 saturated heterocycles. The zero-order chi connectivity index (χ0) is 14.7. The molecule has 6 nitrogen and oxygen atoms in total. The summed E-state index contributed by atoms with van der Waals surface area (Å²) in [6, 6.07) is 0.135. The first-order valence-electron chi connectivity index (χ1n) is 6.98. The van der Waals surface area contributed by atoms with Crippen LogP contribution in [0.25, 0.3) is 0 Å². The fraction of sp³-hybridized carbons (Fsp3) is 0.643. The van der Waals surface area contributed by atoms with Crippen LogP contribution in [0.5, 0.6) is 0 Å². The van der Waals surface area contributed by atoms with Crippen molar-refractivity contribution in [2.45, 2.75) is 52.0 Å². The van der Waals surface area contributed by atoms with E-state index in [1.807, 2.05) is 6.92 Å². The molecular weight excluding hydrogens is 258 g/mol. The van der Waals surface area contributed by atoms with Crippen LogP contribution in [0, 0.1) is 13.8 Å². The summed E-state index contributed by atoms with van der Waals surface area (Å²) >= 11 is 0. The number of carbonyl (C=O) groups is 2. The first kappa shape index (κ1) is 14.6. The van der Waals surface area contributed by atoms with Crippen molar-refractivity contribution in [1.82, 2.24) is 10.1 Å². The molecule has 1 saturated carbocycles. The second-order valence-corrected chi connectivity index (χ2v) is 5.41. The van der Waals surface area contributed by atoms with Crippen LogP contribution in [-0.2, 0) is 16.0 Å². The Morgan fingerprint density at radius 2 is 2.00 bits per heavy atom. The van der Waals surface area contributed by atoms with E-state index in [0.717, 1.165) is 36.9 Å². The van der Waals surface area contributed by atoms with Crippen LogP contribution in [0.2, 0.25) is 0 Å². The Balaban J connectivity index is 2.11. The molecular formula is C14H21N3O3. The van der Waals surface area contributed by atoms with E-state index in [1.54, 1.807) is 11.8 Å². The Kier molecular flexibility index (Phi) is 4.42. The van der Waals surface area contributed by atoms with Crippen molar-refractivity contribution in [2.24, 2.45) is 5.73 Å². The van der Waals surface area contributed by atoms with Crippen LogP contribution in [0.1, 0.15) is 42.7 Å². The summed E-state index contributed by atoms with van der Waals surface area (Å²) in [6.45, 7) is 3.59. The number of rotatable bonds is 5. The van der Waals surface area contributed by atoms with Gasteiger partial charge in [-0.15, -0.1) is 0 Å². The van der Waals surface area contributed by atoms with Gasteiger partial charge in [0.15, 0.2) is 0 Å². The lowest BCUT2D eigenvalue weighted by Crippen LogP contribution is -2.44. The van der Waals surface area contributed by atoms with E-state index in [-0.39, 0.29) is 24.9 Å². The molecule has 1 aliphatic carbocycles. The molecule has 1 aromatic heterocycles. The number of aromatic nitrogens is 1. The SMILES string of the molecule is Cc1noc(C)c1CC(=O)N(CC(N)=O)C1CCCC1. The molecule has 0 bridgehead atoms. The van der Waals surface area contributed by atoms with Gasteiger partial charge < -0.3 is 15.2 Å². The highest BCUT2D eigenvalue weighted by Crippen LogP contribution is 2.24. The molecule has 0 spiro atoms. The van der Waals surface area contributed by atoms with Gasteiger partial charge in [0, 0.05) is 11.6 Å². The van der Waals surface area contributed by atoms with Gasteiger partial charge in [-0.1, -0.05) is 18.0 Å². The van der Waals surface area contributed by atoms with Gasteiger partial charge in [-0.2, -0.15) is 0 Å². The van der Waals surface area contributed by atoms with Crippen LogP contribution in [0.4, 0.5) is 0 Å². The number of amides is 2. The maximum Gasteiger partial charge on any atom is 0.237 e. The first-order valence-corrected chi connectivity index (χ1v) is 6.98. The average molecular weight is 279 g/mol. The van der Waals surface area contributed by atoms with E-state index in [1.165, 1.54) is 0 Å². The molecule has 1 heterocycles. The number of nitrogens with zero attached hydrogens (tertiary/aromatic N) is 2. The van der Waals surface area contributed by atoms with Crippen molar-refractivity contribution in [3.63, 3.8) is 0 Å². The number of carbonyl (C=O) groups excluding carboxylic acids is 2. The van der Waals surface area contributed by atoms with Crippen LogP contribution in [0.15, 0.2) is 4.52 Å². The number of hydrogen-bond donors (Lipinski definition) is 1. The van der Waals surface area contributed by atoms with Gasteiger partial charge in [-0.25, -0.2) is 0 Å². The summed E-state index contributed by atoms with van der Waals surface area (Å²) in [5.74, 6) is 0.107. The molecule has 1 fully saturated rings. The summed E-state index contributed by atoms with van der Waals surface area (Å²) in [5, 5.41) is 3.85. The number of hydrogen-bond acceptors (Lipinski definition) is 4. The molecule has 1 aliphatic rings. The molecule has 0 atom stereocenters. The van der Waals surface area contributed by atoms with E-state index >= 15 is 0 Å². The largest absolute Gasteiger partial charge is 0.368 e. The number of aryl methyl sites for hydroxylation is 2. The zero-order valence-electron chi connectivity index (χ0n) is 12.0. The molecule has 0 aromatic carbocycles. The van der Waals surface area contributed by atoms with Gasteiger partial charge in [0.05, 0.1) is 18.7 Å². The standard InChI is InChI=1S/C14H21N3O3/c1-9-12(10(2)20-16-9)7-14(19)17(8-13(15)18)11-5-3-4-6-11/h11H,3-8H2,1-2H3,(H2,15,18). The number of nitrogens with two attached hydrogens (primary N) is 1. The monoisotopic (exact) mass is 279 g/mol. The molecule has 1 aromatic rings. The van der Waals surface area contributed by atoms with Crippen molar-refractivity contribution in [2.75, 3.05) is 6.54 Å². The molecule has 0 aliphatic heterocycles. The third kappa shape index (κ3) is 3.18. The zero-order valence-corrected chi connectivity index (χ0v) is 12.0. The van der Waals surface area contributed by atoms with Gasteiger partial charge in [0.25, 0.3) is 0 Å². The summed E-state index contributed by atoms with van der Waals surface area (Å²) in [6.07, 6.45) is 4.29. The van der Waals surface area contributed by atoms with Crippen LogP contribution < -0.4 is 5.73 Å². The van der Waals surface area contributed by atoms with Crippen molar-refractivity contribution < 1.29 is 14.1 Å². The topological polar surface area (TPSA) is 89.4 Å². The summed E-state index contributed by atoms with van der Waals surface area (Å²) < 4.78 is 5.07. The Hall–Kier alpha value is -1.85. The van der Waals surface area contributed by atoms with E-state index < -0.39 is 5.91 Å². The normalized spacial score (nSPS) is 15.5. The molecule has 2 amide bonds. The van der Waals surface area contributed by atoms with Gasteiger partial charge in [-0.05, 0) is 26.7 Å². The highest BCUT2D eigenvalue weighted by molar-refractivity contribution is 5.85. The lowest BCUT2D eigenvalue weighted by molar-refractivity contribution is -0.136. The minimum atomic E-state index is -0.469. The third-order valence-corrected chi connectivity index (χ3v) is 3.92. The quantitative estimate of drug-likeness (QED) is 0.873. The van der Waals surface area contributed by atoms with Gasteiger partial charge in [0.1, 0.15) is 5.76 Å². The highest BCUT2D eigenvalue weighted by Gasteiger charge is 2.28. The Bertz CT molecular complexity index is 484. The minimum Gasteiger partial charge on any atom is -0.368 e. The molecule has 0 radical (unpaired) electrons. The summed E-state index contributed by atoms with van der Waals surface area (Å²) in [7, 11) is 0. The van der Waals surface area contributed by atoms with Gasteiger partial charge in [0.2, 0.25) is 11.8 Å². The van der Waals surface area contributed by atoms with Crippen LogP contribution in [0.3, 0.4) is 0 Å². The van der Waals surface area contributed by atoms with Crippen molar-refractivity contribution in [3.05, 3.63) is 17.0 Å². The summed E-state index contributed by atoms with van der Waals surface area (Å²) in [5.41, 5.74) is 6.80. The Morgan fingerprint density at radius 1 is 1.35 bits per heavy atom. The fourth-order valence-corrected chi connectivity index (χ4v) is 2.81.